The van der Waals surface area contributed by atoms with Gasteiger partial charge in [0.05, 0.1) is 11.5 Å². The van der Waals surface area contributed by atoms with Gasteiger partial charge in [0.15, 0.2) is 0 Å². The lowest BCUT2D eigenvalue weighted by molar-refractivity contribution is -0.142. The number of hydrogen-bond donors (Lipinski definition) is 1. The van der Waals surface area contributed by atoms with Crippen LogP contribution < -0.4 is 5.73 Å². The van der Waals surface area contributed by atoms with Crippen molar-refractivity contribution in [3.63, 3.8) is 0 Å². The van der Waals surface area contributed by atoms with Gasteiger partial charge in [-0.2, -0.15) is 0 Å². The highest BCUT2D eigenvalue weighted by Crippen LogP contribution is 2.43. The van der Waals surface area contributed by atoms with Crippen LogP contribution in [0.1, 0.15) is 50.1 Å². The summed E-state index contributed by atoms with van der Waals surface area (Å²) in [6, 6.07) is 8.01. The largest absolute Gasteiger partial charge is 0.335 e. The highest BCUT2D eigenvalue weighted by atomic mass is 35.5. The Morgan fingerprint density at radius 2 is 2.00 bits per heavy atom. The zero-order valence-corrected chi connectivity index (χ0v) is 13.1. The predicted molar refractivity (Wildman–Crippen MR) is 85.1 cm³/mol. The number of nitrogens with two attached hydrogens (primary N) is 1. The lowest BCUT2D eigenvalue weighted by Gasteiger charge is -2.35. The first-order valence-electron chi connectivity index (χ1n) is 7.93. The maximum Gasteiger partial charge on any atom is 0.230 e. The molecule has 1 aromatic carbocycles. The molecule has 0 aromatic heterocycles. The molecule has 0 radical (unpaired) electrons. The first-order chi connectivity index (χ1) is 10.2. The molecule has 1 heterocycles. The van der Waals surface area contributed by atoms with Crippen LogP contribution in [0, 0.1) is 5.41 Å². The van der Waals surface area contributed by atoms with Gasteiger partial charge in [-0.05, 0) is 37.3 Å². The number of rotatable bonds is 3. The number of nitrogens with zero attached hydrogens (tertiary/aromatic N) is 1. The highest BCUT2D eigenvalue weighted by Gasteiger charge is 2.45. The van der Waals surface area contributed by atoms with Crippen LogP contribution in [-0.2, 0) is 4.79 Å². The van der Waals surface area contributed by atoms with Crippen molar-refractivity contribution in [2.24, 2.45) is 11.1 Å². The van der Waals surface area contributed by atoms with E-state index < -0.39 is 0 Å². The lowest BCUT2D eigenvalue weighted by atomic mass is 9.84. The third kappa shape index (κ3) is 2.58. The fourth-order valence-electron chi connectivity index (χ4n) is 3.94. The van der Waals surface area contributed by atoms with Gasteiger partial charge < -0.3 is 10.6 Å². The molecule has 2 fully saturated rings. The Hall–Kier alpha value is -1.06. The molecular formula is C17H23ClN2O. The standard InChI is InChI=1S/C17H23ClN2O/c18-14-7-2-1-6-13(14)15-8-5-11-20(15)16(21)17(12-19)9-3-4-10-17/h1-2,6-7,15H,3-5,8-12,19H2. The average Bonchev–Trinajstić information content (AvgIpc) is 3.17. The second-order valence-electron chi connectivity index (χ2n) is 6.37. The minimum atomic E-state index is -0.316. The van der Waals surface area contributed by atoms with Crippen LogP contribution in [0.15, 0.2) is 24.3 Å². The third-order valence-corrected chi connectivity index (χ3v) is 5.53. The van der Waals surface area contributed by atoms with Gasteiger partial charge in [0.2, 0.25) is 5.91 Å². The molecule has 0 bridgehead atoms. The van der Waals surface area contributed by atoms with E-state index >= 15 is 0 Å². The van der Waals surface area contributed by atoms with Crippen LogP contribution in [0.25, 0.3) is 0 Å². The van der Waals surface area contributed by atoms with Crippen LogP contribution in [-0.4, -0.2) is 23.9 Å². The maximum atomic E-state index is 13.1. The van der Waals surface area contributed by atoms with Crippen molar-refractivity contribution < 1.29 is 4.79 Å². The van der Waals surface area contributed by atoms with Crippen molar-refractivity contribution in [2.45, 2.75) is 44.6 Å². The van der Waals surface area contributed by atoms with E-state index in [1.54, 1.807) is 0 Å². The van der Waals surface area contributed by atoms with Gasteiger partial charge in [-0.25, -0.2) is 0 Å². The Morgan fingerprint density at radius 3 is 2.67 bits per heavy atom. The Bertz CT molecular complexity index is 525. The Kier molecular flexibility index (Phi) is 4.23. The topological polar surface area (TPSA) is 46.3 Å². The second-order valence-corrected chi connectivity index (χ2v) is 6.78. The SMILES string of the molecule is NCC1(C(=O)N2CCCC2c2ccccc2Cl)CCCC1. The maximum absolute atomic E-state index is 13.1. The molecule has 1 saturated heterocycles. The molecule has 1 unspecified atom stereocenters. The van der Waals surface area contributed by atoms with Crippen LogP contribution in [0.3, 0.4) is 0 Å². The van der Waals surface area contributed by atoms with E-state index in [9.17, 15) is 4.79 Å². The highest BCUT2D eigenvalue weighted by molar-refractivity contribution is 6.31. The molecule has 2 N–H and O–H groups in total. The minimum absolute atomic E-state index is 0.121. The van der Waals surface area contributed by atoms with Gasteiger partial charge in [0, 0.05) is 18.1 Å². The number of halogens is 1. The van der Waals surface area contributed by atoms with E-state index in [0.717, 1.165) is 55.7 Å². The molecule has 1 aliphatic carbocycles. The molecule has 1 amide bonds. The van der Waals surface area contributed by atoms with E-state index in [4.69, 9.17) is 17.3 Å². The molecule has 3 rings (SSSR count). The van der Waals surface area contributed by atoms with Crippen molar-refractivity contribution in [3.05, 3.63) is 34.9 Å². The molecular weight excluding hydrogens is 284 g/mol. The summed E-state index contributed by atoms with van der Waals surface area (Å²) in [6.07, 6.45) is 6.15. The first kappa shape index (κ1) is 14.9. The van der Waals surface area contributed by atoms with Crippen molar-refractivity contribution in [2.75, 3.05) is 13.1 Å². The molecule has 1 atom stereocenters. The Labute approximate surface area is 131 Å². The van der Waals surface area contributed by atoms with Crippen LogP contribution in [0.4, 0.5) is 0 Å². The zero-order chi connectivity index (χ0) is 14.9. The third-order valence-electron chi connectivity index (χ3n) is 5.18. The summed E-state index contributed by atoms with van der Waals surface area (Å²) in [7, 11) is 0. The summed E-state index contributed by atoms with van der Waals surface area (Å²) in [5.74, 6) is 0.255. The van der Waals surface area contributed by atoms with Gasteiger partial charge in [-0.3, -0.25) is 4.79 Å². The fourth-order valence-corrected chi connectivity index (χ4v) is 4.20. The van der Waals surface area contributed by atoms with E-state index in [1.807, 2.05) is 29.2 Å². The summed E-state index contributed by atoms with van der Waals surface area (Å²) in [6.45, 7) is 1.30. The molecule has 21 heavy (non-hydrogen) atoms. The van der Waals surface area contributed by atoms with E-state index in [-0.39, 0.29) is 17.4 Å². The van der Waals surface area contributed by atoms with Gasteiger partial charge in [0.25, 0.3) is 0 Å². The second kappa shape index (κ2) is 5.98. The summed E-state index contributed by atoms with van der Waals surface area (Å²) in [5, 5.41) is 0.760. The van der Waals surface area contributed by atoms with Gasteiger partial charge >= 0.3 is 0 Å². The van der Waals surface area contributed by atoms with E-state index in [1.165, 1.54) is 0 Å². The normalized spacial score (nSPS) is 24.5. The van der Waals surface area contributed by atoms with Crippen molar-refractivity contribution >= 4 is 17.5 Å². The zero-order valence-electron chi connectivity index (χ0n) is 12.4. The van der Waals surface area contributed by atoms with Gasteiger partial charge in [-0.1, -0.05) is 42.6 Å². The smallest absolute Gasteiger partial charge is 0.230 e. The van der Waals surface area contributed by atoms with Gasteiger partial charge in [-0.15, -0.1) is 0 Å². The van der Waals surface area contributed by atoms with Crippen LogP contribution >= 0.6 is 11.6 Å². The molecule has 0 spiro atoms. The first-order valence-corrected chi connectivity index (χ1v) is 8.31. The Balaban J connectivity index is 1.87. The molecule has 114 valence electrons. The number of hydrogen-bond acceptors (Lipinski definition) is 2. The summed E-state index contributed by atoms with van der Waals surface area (Å²) in [5.41, 5.74) is 6.74. The molecule has 1 aliphatic heterocycles. The van der Waals surface area contributed by atoms with Gasteiger partial charge in [0.1, 0.15) is 0 Å². The summed E-state index contributed by atoms with van der Waals surface area (Å²) in [4.78, 5) is 15.1. The average molecular weight is 307 g/mol. The quantitative estimate of drug-likeness (QED) is 0.928. The van der Waals surface area contributed by atoms with Crippen molar-refractivity contribution in [1.29, 1.82) is 0 Å². The number of carbonyl (C=O) groups excluding carboxylic acids is 1. The van der Waals surface area contributed by atoms with Crippen molar-refractivity contribution in [1.82, 2.24) is 4.90 Å². The predicted octanol–water partition coefficient (Wildman–Crippen LogP) is 3.52. The molecule has 1 saturated carbocycles. The van der Waals surface area contributed by atoms with E-state index in [2.05, 4.69) is 0 Å². The minimum Gasteiger partial charge on any atom is -0.335 e. The van der Waals surface area contributed by atoms with E-state index in [0.29, 0.717) is 6.54 Å². The van der Waals surface area contributed by atoms with Crippen LogP contribution in [0.5, 0.6) is 0 Å². The number of carbonyl (C=O) groups is 1. The molecule has 4 heteroatoms. The fraction of sp³-hybridized carbons (Fsp3) is 0.588. The summed E-state index contributed by atoms with van der Waals surface area (Å²) < 4.78 is 0. The van der Waals surface area contributed by atoms with Crippen LogP contribution in [0.2, 0.25) is 5.02 Å². The molecule has 1 aromatic rings. The molecule has 3 nitrogen and oxygen atoms in total. The Morgan fingerprint density at radius 1 is 1.29 bits per heavy atom. The monoisotopic (exact) mass is 306 g/mol. The number of benzene rings is 1. The summed E-state index contributed by atoms with van der Waals surface area (Å²) >= 11 is 6.34. The van der Waals surface area contributed by atoms with Crippen molar-refractivity contribution in [3.8, 4) is 0 Å². The number of likely N-dealkylation sites (tertiary alicyclic amines) is 1. The molecule has 2 aliphatic rings. The number of amides is 1. The lowest BCUT2D eigenvalue weighted by Crippen LogP contribution is -2.46.